The van der Waals surface area contributed by atoms with Gasteiger partial charge in [0.05, 0.1) is 0 Å². The number of nitrogens with two attached hydrogens (primary N) is 1. The van der Waals surface area contributed by atoms with E-state index in [0.717, 1.165) is 24.3 Å². The minimum absolute atomic E-state index is 0.390. The molecule has 0 atom stereocenters. The van der Waals surface area contributed by atoms with Crippen LogP contribution in [0.5, 0.6) is 0 Å². The van der Waals surface area contributed by atoms with Crippen molar-refractivity contribution in [3.63, 3.8) is 0 Å². The molecule has 0 unspecified atom stereocenters. The molecule has 0 aliphatic rings. The summed E-state index contributed by atoms with van der Waals surface area (Å²) in [6, 6.07) is 7.63. The van der Waals surface area contributed by atoms with E-state index in [1.54, 1.807) is 6.07 Å². The fourth-order valence-electron chi connectivity index (χ4n) is 2.08. The predicted octanol–water partition coefficient (Wildman–Crippen LogP) is 2.53. The van der Waals surface area contributed by atoms with E-state index in [4.69, 9.17) is 5.73 Å². The van der Waals surface area contributed by atoms with Gasteiger partial charge in [0.25, 0.3) is 0 Å². The van der Waals surface area contributed by atoms with E-state index in [2.05, 4.69) is 35.3 Å². The molecule has 3 N–H and O–H groups in total. The van der Waals surface area contributed by atoms with Gasteiger partial charge in [-0.2, -0.15) is 0 Å². The Morgan fingerprint density at radius 3 is 2.79 bits per heavy atom. The first kappa shape index (κ1) is 13.2. The molecule has 1 heterocycles. The molecule has 0 radical (unpaired) electrons. The van der Waals surface area contributed by atoms with Gasteiger partial charge in [0.1, 0.15) is 0 Å². The van der Waals surface area contributed by atoms with Gasteiger partial charge in [0.15, 0.2) is 0 Å². The van der Waals surface area contributed by atoms with Gasteiger partial charge >= 0.3 is 0 Å². The monoisotopic (exact) mass is 257 g/mol. The Kier molecular flexibility index (Phi) is 3.90. The molecular weight excluding hydrogens is 238 g/mol. The topological polar surface area (TPSA) is 60.1 Å². The molecule has 1 amide bonds. The molecule has 0 saturated carbocycles. The van der Waals surface area contributed by atoms with Crippen LogP contribution in [-0.4, -0.2) is 10.5 Å². The SMILES string of the molecule is CCn1ccc(CNc2cccc(C(N)=O)c2C)c1. The zero-order valence-electron chi connectivity index (χ0n) is 11.3. The highest BCUT2D eigenvalue weighted by atomic mass is 16.1. The minimum Gasteiger partial charge on any atom is -0.381 e. The molecule has 0 saturated heterocycles. The summed E-state index contributed by atoms with van der Waals surface area (Å²) in [5.41, 5.74) is 8.96. The highest BCUT2D eigenvalue weighted by Gasteiger charge is 2.08. The van der Waals surface area contributed by atoms with Crippen molar-refractivity contribution in [2.75, 3.05) is 5.32 Å². The van der Waals surface area contributed by atoms with Crippen molar-refractivity contribution >= 4 is 11.6 Å². The van der Waals surface area contributed by atoms with Crippen LogP contribution in [0.15, 0.2) is 36.7 Å². The van der Waals surface area contributed by atoms with Crippen LogP contribution in [0.4, 0.5) is 5.69 Å². The molecule has 0 aliphatic carbocycles. The molecule has 2 aromatic rings. The average Bonchev–Trinajstić information content (AvgIpc) is 2.85. The van der Waals surface area contributed by atoms with Crippen LogP contribution in [0, 0.1) is 6.92 Å². The van der Waals surface area contributed by atoms with Crippen molar-refractivity contribution in [3.05, 3.63) is 53.3 Å². The Balaban J connectivity index is 2.11. The van der Waals surface area contributed by atoms with Crippen molar-refractivity contribution in [1.82, 2.24) is 4.57 Å². The molecule has 4 nitrogen and oxygen atoms in total. The van der Waals surface area contributed by atoms with Gasteiger partial charge in [-0.3, -0.25) is 4.79 Å². The van der Waals surface area contributed by atoms with Gasteiger partial charge in [-0.05, 0) is 43.2 Å². The minimum atomic E-state index is -0.390. The quantitative estimate of drug-likeness (QED) is 0.864. The van der Waals surface area contributed by atoms with Gasteiger partial charge in [0, 0.05) is 36.7 Å². The number of benzene rings is 1. The van der Waals surface area contributed by atoms with E-state index < -0.39 is 5.91 Å². The number of hydrogen-bond acceptors (Lipinski definition) is 2. The van der Waals surface area contributed by atoms with E-state index in [9.17, 15) is 4.79 Å². The standard InChI is InChI=1S/C15H19N3O/c1-3-18-8-7-12(10-18)9-17-14-6-4-5-13(11(14)2)15(16)19/h4-8,10,17H,3,9H2,1-2H3,(H2,16,19). The number of nitrogens with one attached hydrogen (secondary N) is 1. The first-order valence-electron chi connectivity index (χ1n) is 6.39. The normalized spacial score (nSPS) is 10.4. The molecule has 0 bridgehead atoms. The number of carbonyl (C=O) groups is 1. The lowest BCUT2D eigenvalue weighted by molar-refractivity contribution is 0.1000. The van der Waals surface area contributed by atoms with E-state index in [0.29, 0.717) is 5.56 Å². The largest absolute Gasteiger partial charge is 0.381 e. The molecule has 1 aromatic heterocycles. The van der Waals surface area contributed by atoms with Gasteiger partial charge < -0.3 is 15.6 Å². The summed E-state index contributed by atoms with van der Waals surface area (Å²) in [5, 5.41) is 3.34. The van der Waals surface area contributed by atoms with E-state index in [1.165, 1.54) is 5.56 Å². The molecular formula is C15H19N3O. The maximum absolute atomic E-state index is 11.3. The third-order valence-corrected chi connectivity index (χ3v) is 3.26. The molecule has 19 heavy (non-hydrogen) atoms. The third kappa shape index (κ3) is 2.96. The average molecular weight is 257 g/mol. The maximum atomic E-state index is 11.3. The second-order valence-electron chi connectivity index (χ2n) is 4.55. The first-order chi connectivity index (χ1) is 9.11. The van der Waals surface area contributed by atoms with Crippen LogP contribution in [0.1, 0.15) is 28.4 Å². The number of nitrogens with zero attached hydrogens (tertiary/aromatic N) is 1. The fourth-order valence-corrected chi connectivity index (χ4v) is 2.08. The molecule has 1 aromatic carbocycles. The van der Waals surface area contributed by atoms with Crippen molar-refractivity contribution in [2.24, 2.45) is 5.73 Å². The second-order valence-corrected chi connectivity index (χ2v) is 4.55. The Labute approximate surface area is 113 Å². The summed E-state index contributed by atoms with van der Waals surface area (Å²) >= 11 is 0. The summed E-state index contributed by atoms with van der Waals surface area (Å²) in [6.45, 7) is 5.71. The number of aryl methyl sites for hydroxylation is 1. The van der Waals surface area contributed by atoms with Crippen LogP contribution >= 0.6 is 0 Å². The Bertz CT molecular complexity index is 587. The zero-order valence-corrected chi connectivity index (χ0v) is 11.3. The van der Waals surface area contributed by atoms with Crippen LogP contribution in [-0.2, 0) is 13.1 Å². The van der Waals surface area contributed by atoms with Crippen molar-refractivity contribution < 1.29 is 4.79 Å². The molecule has 100 valence electrons. The van der Waals surface area contributed by atoms with E-state index >= 15 is 0 Å². The summed E-state index contributed by atoms with van der Waals surface area (Å²) < 4.78 is 2.13. The van der Waals surface area contributed by atoms with Crippen LogP contribution < -0.4 is 11.1 Å². The lowest BCUT2D eigenvalue weighted by Gasteiger charge is -2.11. The Hall–Kier alpha value is -2.23. The number of hydrogen-bond donors (Lipinski definition) is 2. The van der Waals surface area contributed by atoms with Crippen LogP contribution in [0.2, 0.25) is 0 Å². The Morgan fingerprint density at radius 2 is 2.16 bits per heavy atom. The van der Waals surface area contributed by atoms with Gasteiger partial charge in [-0.15, -0.1) is 0 Å². The molecule has 0 fully saturated rings. The molecule has 0 spiro atoms. The summed E-state index contributed by atoms with van der Waals surface area (Å²) in [5.74, 6) is -0.390. The van der Waals surface area contributed by atoms with Gasteiger partial charge in [-0.1, -0.05) is 6.07 Å². The number of rotatable bonds is 5. The number of anilines is 1. The van der Waals surface area contributed by atoms with Gasteiger partial charge in [-0.25, -0.2) is 0 Å². The number of carbonyl (C=O) groups excluding carboxylic acids is 1. The van der Waals surface area contributed by atoms with Crippen molar-refractivity contribution in [3.8, 4) is 0 Å². The van der Waals surface area contributed by atoms with Crippen molar-refractivity contribution in [1.29, 1.82) is 0 Å². The smallest absolute Gasteiger partial charge is 0.249 e. The summed E-state index contributed by atoms with van der Waals surface area (Å²) in [6.07, 6.45) is 4.17. The third-order valence-electron chi connectivity index (χ3n) is 3.26. The first-order valence-corrected chi connectivity index (χ1v) is 6.39. The van der Waals surface area contributed by atoms with Gasteiger partial charge in [0.2, 0.25) is 5.91 Å². The highest BCUT2D eigenvalue weighted by Crippen LogP contribution is 2.19. The van der Waals surface area contributed by atoms with Crippen LogP contribution in [0.3, 0.4) is 0 Å². The Morgan fingerprint density at radius 1 is 1.37 bits per heavy atom. The van der Waals surface area contributed by atoms with E-state index in [-0.39, 0.29) is 0 Å². The summed E-state index contributed by atoms with van der Waals surface area (Å²) in [7, 11) is 0. The number of amides is 1. The number of aromatic nitrogens is 1. The molecule has 0 aliphatic heterocycles. The highest BCUT2D eigenvalue weighted by molar-refractivity contribution is 5.95. The predicted molar refractivity (Wildman–Crippen MR) is 77.1 cm³/mol. The number of primary amides is 1. The second kappa shape index (κ2) is 5.61. The lowest BCUT2D eigenvalue weighted by atomic mass is 10.1. The maximum Gasteiger partial charge on any atom is 0.249 e. The van der Waals surface area contributed by atoms with Crippen molar-refractivity contribution in [2.45, 2.75) is 26.9 Å². The summed E-state index contributed by atoms with van der Waals surface area (Å²) in [4.78, 5) is 11.3. The lowest BCUT2D eigenvalue weighted by Crippen LogP contribution is -2.13. The zero-order chi connectivity index (χ0) is 13.8. The van der Waals surface area contributed by atoms with E-state index in [1.807, 2.05) is 19.1 Å². The fraction of sp³-hybridized carbons (Fsp3) is 0.267. The molecule has 2 rings (SSSR count). The van der Waals surface area contributed by atoms with Crippen LogP contribution in [0.25, 0.3) is 0 Å². The molecule has 4 heteroatoms.